The van der Waals surface area contributed by atoms with Gasteiger partial charge in [-0.3, -0.25) is 9.78 Å². The molecule has 1 fully saturated rings. The monoisotopic (exact) mass is 205 g/mol. The fourth-order valence-corrected chi connectivity index (χ4v) is 1.95. The molecule has 0 aromatic carbocycles. The van der Waals surface area contributed by atoms with E-state index in [4.69, 9.17) is 4.74 Å². The zero-order valence-electron chi connectivity index (χ0n) is 9.12. The van der Waals surface area contributed by atoms with Gasteiger partial charge in [0.2, 0.25) is 0 Å². The molecule has 1 aromatic rings. The van der Waals surface area contributed by atoms with Crippen LogP contribution < -0.4 is 0 Å². The van der Waals surface area contributed by atoms with Crippen molar-refractivity contribution in [3.8, 4) is 0 Å². The van der Waals surface area contributed by atoms with Crippen LogP contribution in [0, 0.1) is 19.8 Å². The maximum atomic E-state index is 12.0. The van der Waals surface area contributed by atoms with Gasteiger partial charge in [-0.05, 0) is 32.4 Å². The van der Waals surface area contributed by atoms with E-state index in [1.165, 1.54) is 0 Å². The Morgan fingerprint density at radius 1 is 1.40 bits per heavy atom. The standard InChI is InChI=1S/C12H15NO2/c1-8-5-11(6-9(2)13-8)12(14)10-3-4-15-7-10/h5-6,10H,3-4,7H2,1-2H3. The molecule has 1 aromatic heterocycles. The van der Waals surface area contributed by atoms with Gasteiger partial charge in [-0.2, -0.15) is 0 Å². The number of Topliss-reactive ketones (excluding diaryl/α,β-unsaturated/α-hetero) is 1. The second kappa shape index (κ2) is 4.11. The van der Waals surface area contributed by atoms with Crippen molar-refractivity contribution in [2.45, 2.75) is 20.3 Å². The summed E-state index contributed by atoms with van der Waals surface area (Å²) in [4.78, 5) is 16.3. The Labute approximate surface area is 89.5 Å². The zero-order chi connectivity index (χ0) is 10.8. The van der Waals surface area contributed by atoms with Crippen molar-refractivity contribution in [3.05, 3.63) is 29.1 Å². The molecule has 2 heterocycles. The van der Waals surface area contributed by atoms with Gasteiger partial charge >= 0.3 is 0 Å². The number of aryl methyl sites for hydroxylation is 2. The number of rotatable bonds is 2. The number of carbonyl (C=O) groups is 1. The maximum absolute atomic E-state index is 12.0. The van der Waals surface area contributed by atoms with Crippen molar-refractivity contribution in [1.29, 1.82) is 0 Å². The molecule has 0 spiro atoms. The molecule has 0 radical (unpaired) electrons. The van der Waals surface area contributed by atoms with Gasteiger partial charge in [0, 0.05) is 29.5 Å². The molecular formula is C12H15NO2. The average molecular weight is 205 g/mol. The maximum Gasteiger partial charge on any atom is 0.168 e. The van der Waals surface area contributed by atoms with Gasteiger partial charge in [0.25, 0.3) is 0 Å². The van der Waals surface area contributed by atoms with E-state index in [1.54, 1.807) is 0 Å². The number of hydrogen-bond acceptors (Lipinski definition) is 3. The minimum Gasteiger partial charge on any atom is -0.381 e. The molecule has 1 aliphatic rings. The first-order chi connectivity index (χ1) is 7.16. The highest BCUT2D eigenvalue weighted by molar-refractivity contribution is 5.98. The average Bonchev–Trinajstić information content (AvgIpc) is 2.67. The molecule has 15 heavy (non-hydrogen) atoms. The third-order valence-electron chi connectivity index (χ3n) is 2.67. The Balaban J connectivity index is 2.24. The molecule has 1 aliphatic heterocycles. The molecule has 0 saturated carbocycles. The summed E-state index contributed by atoms with van der Waals surface area (Å²) in [5.41, 5.74) is 2.57. The normalized spacial score (nSPS) is 20.5. The summed E-state index contributed by atoms with van der Waals surface area (Å²) in [6.07, 6.45) is 0.846. The Morgan fingerprint density at radius 3 is 2.60 bits per heavy atom. The van der Waals surface area contributed by atoms with Crippen LogP contribution in [-0.2, 0) is 4.74 Å². The summed E-state index contributed by atoms with van der Waals surface area (Å²) in [5.74, 6) is 0.243. The molecular weight excluding hydrogens is 190 g/mol. The van der Waals surface area contributed by atoms with Gasteiger partial charge in [0.1, 0.15) is 0 Å². The lowest BCUT2D eigenvalue weighted by Crippen LogP contribution is -2.15. The van der Waals surface area contributed by atoms with Crippen LogP contribution in [0.15, 0.2) is 12.1 Å². The fourth-order valence-electron chi connectivity index (χ4n) is 1.95. The van der Waals surface area contributed by atoms with Crippen molar-refractivity contribution in [2.75, 3.05) is 13.2 Å². The van der Waals surface area contributed by atoms with Crippen molar-refractivity contribution in [3.63, 3.8) is 0 Å². The predicted molar refractivity (Wildman–Crippen MR) is 57.0 cm³/mol. The second-order valence-corrected chi connectivity index (χ2v) is 4.06. The summed E-state index contributed by atoms with van der Waals surface area (Å²) >= 11 is 0. The molecule has 3 heteroatoms. The second-order valence-electron chi connectivity index (χ2n) is 4.06. The number of hydrogen-bond donors (Lipinski definition) is 0. The van der Waals surface area contributed by atoms with Gasteiger partial charge in [-0.1, -0.05) is 0 Å². The summed E-state index contributed by atoms with van der Waals surface area (Å²) in [5, 5.41) is 0. The minimum atomic E-state index is 0.0474. The predicted octanol–water partition coefficient (Wildman–Crippen LogP) is 1.92. The molecule has 1 atom stereocenters. The van der Waals surface area contributed by atoms with E-state index >= 15 is 0 Å². The van der Waals surface area contributed by atoms with Crippen LogP contribution in [0.2, 0.25) is 0 Å². The van der Waals surface area contributed by atoms with Crippen molar-refractivity contribution in [1.82, 2.24) is 4.98 Å². The lowest BCUT2D eigenvalue weighted by Gasteiger charge is -2.07. The molecule has 1 unspecified atom stereocenters. The van der Waals surface area contributed by atoms with Crippen molar-refractivity contribution < 1.29 is 9.53 Å². The number of aromatic nitrogens is 1. The number of ketones is 1. The molecule has 2 rings (SSSR count). The van der Waals surface area contributed by atoms with Crippen LogP contribution in [0.4, 0.5) is 0 Å². The SMILES string of the molecule is Cc1cc(C(=O)C2CCOC2)cc(C)n1. The van der Waals surface area contributed by atoms with Crippen LogP contribution in [0.1, 0.15) is 28.2 Å². The summed E-state index contributed by atoms with van der Waals surface area (Å²) in [6.45, 7) is 5.10. The summed E-state index contributed by atoms with van der Waals surface area (Å²) in [6, 6.07) is 3.71. The molecule has 0 bridgehead atoms. The van der Waals surface area contributed by atoms with Gasteiger partial charge in [0.05, 0.1) is 6.61 Å². The topological polar surface area (TPSA) is 39.2 Å². The molecule has 1 saturated heterocycles. The van der Waals surface area contributed by atoms with Crippen LogP contribution >= 0.6 is 0 Å². The highest BCUT2D eigenvalue weighted by atomic mass is 16.5. The van der Waals surface area contributed by atoms with E-state index in [9.17, 15) is 4.79 Å². The molecule has 0 N–H and O–H groups in total. The fraction of sp³-hybridized carbons (Fsp3) is 0.500. The highest BCUT2D eigenvalue weighted by Crippen LogP contribution is 2.19. The quantitative estimate of drug-likeness (QED) is 0.692. The Hall–Kier alpha value is -1.22. The first-order valence-corrected chi connectivity index (χ1v) is 5.24. The van der Waals surface area contributed by atoms with Crippen LogP contribution in [0.3, 0.4) is 0 Å². The van der Waals surface area contributed by atoms with Gasteiger partial charge in [0.15, 0.2) is 5.78 Å². The van der Waals surface area contributed by atoms with E-state index in [0.717, 1.165) is 23.4 Å². The molecule has 80 valence electrons. The Kier molecular flexibility index (Phi) is 2.82. The number of nitrogens with zero attached hydrogens (tertiary/aromatic N) is 1. The van der Waals surface area contributed by atoms with Crippen LogP contribution in [-0.4, -0.2) is 24.0 Å². The molecule has 0 amide bonds. The van der Waals surface area contributed by atoms with E-state index in [0.29, 0.717) is 13.2 Å². The van der Waals surface area contributed by atoms with Crippen molar-refractivity contribution in [2.24, 2.45) is 5.92 Å². The van der Waals surface area contributed by atoms with E-state index < -0.39 is 0 Å². The van der Waals surface area contributed by atoms with Gasteiger partial charge in [-0.15, -0.1) is 0 Å². The number of carbonyl (C=O) groups excluding carboxylic acids is 1. The molecule has 0 aliphatic carbocycles. The van der Waals surface area contributed by atoms with Crippen LogP contribution in [0.5, 0.6) is 0 Å². The number of ether oxygens (including phenoxy) is 1. The Morgan fingerprint density at radius 2 is 2.07 bits per heavy atom. The smallest absolute Gasteiger partial charge is 0.168 e. The Bertz CT molecular complexity index is 361. The first kappa shape index (κ1) is 10.3. The molecule has 3 nitrogen and oxygen atoms in total. The third-order valence-corrected chi connectivity index (χ3v) is 2.67. The number of pyridine rings is 1. The lowest BCUT2D eigenvalue weighted by molar-refractivity contribution is 0.0900. The van der Waals surface area contributed by atoms with Crippen molar-refractivity contribution >= 4 is 5.78 Å². The van der Waals surface area contributed by atoms with E-state index in [-0.39, 0.29) is 11.7 Å². The van der Waals surface area contributed by atoms with Gasteiger partial charge in [-0.25, -0.2) is 0 Å². The van der Waals surface area contributed by atoms with Gasteiger partial charge < -0.3 is 4.74 Å². The van der Waals surface area contributed by atoms with E-state index in [2.05, 4.69) is 4.98 Å². The zero-order valence-corrected chi connectivity index (χ0v) is 9.12. The summed E-state index contributed by atoms with van der Waals surface area (Å²) < 4.78 is 5.22. The summed E-state index contributed by atoms with van der Waals surface area (Å²) in [7, 11) is 0. The largest absolute Gasteiger partial charge is 0.381 e. The first-order valence-electron chi connectivity index (χ1n) is 5.24. The van der Waals surface area contributed by atoms with E-state index in [1.807, 2.05) is 26.0 Å². The highest BCUT2D eigenvalue weighted by Gasteiger charge is 2.24. The third kappa shape index (κ3) is 2.23. The van der Waals surface area contributed by atoms with Crippen LogP contribution in [0.25, 0.3) is 0 Å². The minimum absolute atomic E-state index is 0.0474. The lowest BCUT2D eigenvalue weighted by atomic mass is 9.97.